The number of hydrogen-bond acceptors (Lipinski definition) is 5. The van der Waals surface area contributed by atoms with Gasteiger partial charge in [-0.2, -0.15) is 0 Å². The summed E-state index contributed by atoms with van der Waals surface area (Å²) in [5.41, 5.74) is 4.43. The van der Waals surface area contributed by atoms with Gasteiger partial charge in [0, 0.05) is 0 Å². The van der Waals surface area contributed by atoms with E-state index in [1.54, 1.807) is 0 Å². The molecule has 0 aromatic carbocycles. The number of rotatable bonds is 0. The largest absolute Gasteiger partial charge is 0.461 e. The first-order valence-electron chi connectivity index (χ1n) is 2.57. The van der Waals surface area contributed by atoms with Crippen molar-refractivity contribution < 1.29 is 23.9 Å². The first-order valence-corrected chi connectivity index (χ1v) is 2.57. The summed E-state index contributed by atoms with van der Waals surface area (Å²) >= 11 is 0. The van der Waals surface area contributed by atoms with Gasteiger partial charge in [0.05, 0.1) is 7.11 Å². The van der Waals surface area contributed by atoms with Crippen LogP contribution < -0.4 is 5.73 Å². The highest BCUT2D eigenvalue weighted by atomic mass is 16.6. The summed E-state index contributed by atoms with van der Waals surface area (Å²) < 4.78 is 7.66. The standard InChI is InChI=1S/C4H5N3O5/c1-11-3(9)6-7-4(10)12-2(5)8/h1H3,(H2,5,8). The first kappa shape index (κ1) is 10.0. The highest BCUT2D eigenvalue weighted by molar-refractivity contribution is 5.83. The van der Waals surface area contributed by atoms with Crippen molar-refractivity contribution in [3.8, 4) is 0 Å². The molecule has 8 heteroatoms. The van der Waals surface area contributed by atoms with Gasteiger partial charge in [-0.05, 0) is 0 Å². The van der Waals surface area contributed by atoms with Crippen molar-refractivity contribution in [2.45, 2.75) is 0 Å². The molecule has 8 nitrogen and oxygen atoms in total. The van der Waals surface area contributed by atoms with E-state index in [9.17, 15) is 14.4 Å². The van der Waals surface area contributed by atoms with Gasteiger partial charge in [0.25, 0.3) is 0 Å². The number of azo groups is 1. The van der Waals surface area contributed by atoms with Crippen molar-refractivity contribution in [3.05, 3.63) is 0 Å². The number of nitrogens with zero attached hydrogens (tertiary/aromatic N) is 2. The van der Waals surface area contributed by atoms with Crippen molar-refractivity contribution in [2.75, 3.05) is 7.11 Å². The van der Waals surface area contributed by atoms with E-state index in [0.29, 0.717) is 0 Å². The maximum atomic E-state index is 10.3. The van der Waals surface area contributed by atoms with E-state index in [1.807, 2.05) is 0 Å². The minimum atomic E-state index is -1.38. The minimum absolute atomic E-state index is 1.04. The number of carbonyl (C=O) groups excluding carboxylic acids is 3. The van der Waals surface area contributed by atoms with Crippen molar-refractivity contribution in [3.63, 3.8) is 0 Å². The summed E-state index contributed by atoms with van der Waals surface area (Å²) in [6, 6.07) is 0. The Morgan fingerprint density at radius 1 is 1.17 bits per heavy atom. The first-order chi connectivity index (χ1) is 5.56. The fraction of sp³-hybridized carbons (Fsp3) is 0.250. The van der Waals surface area contributed by atoms with Crippen LogP contribution in [-0.2, 0) is 9.47 Å². The third kappa shape index (κ3) is 4.85. The smallest absolute Gasteiger partial charge is 0.450 e. The SMILES string of the molecule is COC(=O)N=NC(=O)OC(N)=O. The van der Waals surface area contributed by atoms with E-state index in [2.05, 4.69) is 25.4 Å². The summed E-state index contributed by atoms with van der Waals surface area (Å²) in [6.45, 7) is 0. The van der Waals surface area contributed by atoms with Crippen LogP contribution >= 0.6 is 0 Å². The molecule has 0 spiro atoms. The molecule has 66 valence electrons. The third-order valence-corrected chi connectivity index (χ3v) is 0.576. The topological polar surface area (TPSA) is 120 Å². The van der Waals surface area contributed by atoms with Crippen molar-refractivity contribution in [1.29, 1.82) is 0 Å². The monoisotopic (exact) mass is 175 g/mol. The lowest BCUT2D eigenvalue weighted by molar-refractivity contribution is 0.160. The molecule has 0 aliphatic rings. The van der Waals surface area contributed by atoms with Gasteiger partial charge >= 0.3 is 18.3 Å². The van der Waals surface area contributed by atoms with Gasteiger partial charge in [-0.3, -0.25) is 0 Å². The van der Waals surface area contributed by atoms with Crippen molar-refractivity contribution >= 4 is 18.3 Å². The zero-order chi connectivity index (χ0) is 9.56. The second kappa shape index (κ2) is 4.77. The molecule has 0 aromatic rings. The molecular weight excluding hydrogens is 170 g/mol. The van der Waals surface area contributed by atoms with Gasteiger partial charge in [0.15, 0.2) is 0 Å². The van der Waals surface area contributed by atoms with E-state index in [-0.39, 0.29) is 0 Å². The summed E-state index contributed by atoms with van der Waals surface area (Å²) in [7, 11) is 1.04. The molecule has 0 unspecified atom stereocenters. The van der Waals surface area contributed by atoms with Gasteiger partial charge in [0.2, 0.25) is 0 Å². The Bertz CT molecular complexity index is 235. The molecule has 0 heterocycles. The maximum Gasteiger partial charge on any atom is 0.461 e. The number of methoxy groups -OCH3 is 1. The number of carbonyl (C=O) groups is 3. The van der Waals surface area contributed by atoms with Crippen molar-refractivity contribution in [2.24, 2.45) is 16.0 Å². The Hall–Kier alpha value is -1.99. The molecule has 0 saturated heterocycles. The van der Waals surface area contributed by atoms with Crippen LogP contribution in [0.5, 0.6) is 0 Å². The van der Waals surface area contributed by atoms with E-state index in [0.717, 1.165) is 7.11 Å². The summed E-state index contributed by atoms with van der Waals surface area (Å²) in [4.78, 5) is 30.4. The zero-order valence-corrected chi connectivity index (χ0v) is 6.01. The van der Waals surface area contributed by atoms with Crippen LogP contribution in [0.2, 0.25) is 0 Å². The highest BCUT2D eigenvalue weighted by Crippen LogP contribution is 1.87. The van der Waals surface area contributed by atoms with Crippen LogP contribution in [0.3, 0.4) is 0 Å². The quantitative estimate of drug-likeness (QED) is 0.422. The van der Waals surface area contributed by atoms with Crippen molar-refractivity contribution in [1.82, 2.24) is 0 Å². The molecule has 0 bridgehead atoms. The number of primary amides is 1. The molecule has 0 aliphatic heterocycles. The van der Waals surface area contributed by atoms with Crippen LogP contribution in [0.25, 0.3) is 0 Å². The van der Waals surface area contributed by atoms with E-state index in [1.165, 1.54) is 0 Å². The van der Waals surface area contributed by atoms with Crippen LogP contribution in [-0.4, -0.2) is 25.4 Å². The predicted molar refractivity (Wildman–Crippen MR) is 33.3 cm³/mol. The lowest BCUT2D eigenvalue weighted by Gasteiger charge is -1.89. The average Bonchev–Trinajstić information content (AvgIpc) is 1.99. The fourth-order valence-electron chi connectivity index (χ4n) is 0.229. The molecule has 0 radical (unpaired) electrons. The molecule has 0 saturated carbocycles. The molecule has 0 fully saturated rings. The average molecular weight is 175 g/mol. The Morgan fingerprint density at radius 2 is 1.67 bits per heavy atom. The Balaban J connectivity index is 3.91. The van der Waals surface area contributed by atoms with Gasteiger partial charge in [0.1, 0.15) is 0 Å². The van der Waals surface area contributed by atoms with Crippen LogP contribution in [0.15, 0.2) is 10.2 Å². The lowest BCUT2D eigenvalue weighted by atomic mass is 11.1. The minimum Gasteiger partial charge on any atom is -0.450 e. The maximum absolute atomic E-state index is 10.3. The highest BCUT2D eigenvalue weighted by Gasteiger charge is 2.05. The predicted octanol–water partition coefficient (Wildman–Crippen LogP) is 0.420. The number of amides is 3. The van der Waals surface area contributed by atoms with Crippen LogP contribution in [0.1, 0.15) is 0 Å². The number of hydrogen-bond donors (Lipinski definition) is 1. The Labute approximate surface area is 66.3 Å². The third-order valence-electron chi connectivity index (χ3n) is 0.576. The van der Waals surface area contributed by atoms with E-state index < -0.39 is 18.3 Å². The molecule has 0 aromatic heterocycles. The van der Waals surface area contributed by atoms with Gasteiger partial charge in [-0.1, -0.05) is 10.2 Å². The molecule has 12 heavy (non-hydrogen) atoms. The van der Waals surface area contributed by atoms with Gasteiger partial charge in [-0.15, -0.1) is 0 Å². The Kier molecular flexibility index (Phi) is 3.98. The second-order valence-electron chi connectivity index (χ2n) is 1.36. The summed E-state index contributed by atoms with van der Waals surface area (Å²) in [5, 5.41) is 5.30. The molecular formula is C4H5N3O5. The van der Waals surface area contributed by atoms with Gasteiger partial charge in [-0.25, -0.2) is 14.4 Å². The zero-order valence-electron chi connectivity index (χ0n) is 6.01. The second-order valence-corrected chi connectivity index (χ2v) is 1.36. The van der Waals surface area contributed by atoms with Crippen LogP contribution in [0, 0.1) is 0 Å². The fourth-order valence-corrected chi connectivity index (χ4v) is 0.229. The van der Waals surface area contributed by atoms with E-state index in [4.69, 9.17) is 0 Å². The normalized spacial score (nSPS) is 9.42. The van der Waals surface area contributed by atoms with Crippen LogP contribution in [0.4, 0.5) is 14.4 Å². The summed E-state index contributed by atoms with van der Waals surface area (Å²) in [6.07, 6.45) is -3.80. The van der Waals surface area contributed by atoms with Gasteiger partial charge < -0.3 is 15.2 Å². The lowest BCUT2D eigenvalue weighted by Crippen LogP contribution is -2.15. The molecule has 3 amide bonds. The molecule has 0 rings (SSSR count). The van der Waals surface area contributed by atoms with E-state index >= 15 is 0 Å². The molecule has 0 aliphatic carbocycles. The number of ether oxygens (including phenoxy) is 2. The molecule has 0 atom stereocenters. The molecule has 2 N–H and O–H groups in total. The Morgan fingerprint density at radius 3 is 2.08 bits per heavy atom. The summed E-state index contributed by atoms with van der Waals surface area (Å²) in [5.74, 6) is 0. The number of nitrogens with two attached hydrogens (primary N) is 1.